The molecule has 0 spiro atoms. The highest BCUT2D eigenvalue weighted by molar-refractivity contribution is 7.13. The fourth-order valence-corrected chi connectivity index (χ4v) is 4.57. The van der Waals surface area contributed by atoms with E-state index >= 15 is 0 Å². The Labute approximate surface area is 202 Å². The topological polar surface area (TPSA) is 106 Å². The summed E-state index contributed by atoms with van der Waals surface area (Å²) in [5.74, 6) is -1.27. The van der Waals surface area contributed by atoms with Gasteiger partial charge in [0, 0.05) is 25.1 Å². The number of aliphatic hydroxyl groups is 4. The number of thiazole rings is 1. The molecule has 7 nitrogen and oxygen atoms in total. The van der Waals surface area contributed by atoms with Crippen LogP contribution >= 0.6 is 23.7 Å². The fourth-order valence-electron chi connectivity index (χ4n) is 3.72. The number of aliphatic hydroxyl groups excluding tert-OH is 4. The molecule has 4 atom stereocenters. The highest BCUT2D eigenvalue weighted by Gasteiger charge is 2.35. The van der Waals surface area contributed by atoms with Crippen LogP contribution in [0.15, 0.2) is 23.6 Å². The number of rotatable bonds is 10. The minimum absolute atomic E-state index is 0. The number of β-amino-alcohol motifs (C(OH)–C–C–N with tert-alkyl or cyclic N) is 2. The number of unbranched alkanes of at least 4 members (excludes halogenated alkanes) is 3. The Balaban J connectivity index is 0.00000385. The molecule has 186 valence electrons. The molecule has 2 heterocycles. The summed E-state index contributed by atoms with van der Waals surface area (Å²) in [5.41, 5.74) is 0.521. The Kier molecular flexibility index (Phi) is 11.5. The van der Waals surface area contributed by atoms with E-state index in [2.05, 4.69) is 4.98 Å². The molecule has 1 saturated heterocycles. The summed E-state index contributed by atoms with van der Waals surface area (Å²) in [6.07, 6.45) is -1.28. The first-order chi connectivity index (χ1) is 15.4. The zero-order valence-electron chi connectivity index (χ0n) is 18.1. The number of halogens is 3. The van der Waals surface area contributed by atoms with Gasteiger partial charge in [-0.15, -0.1) is 23.7 Å². The maximum Gasteiger partial charge on any atom is 0.136 e. The van der Waals surface area contributed by atoms with Crippen molar-refractivity contribution in [1.29, 1.82) is 0 Å². The van der Waals surface area contributed by atoms with Gasteiger partial charge in [0.05, 0.1) is 30.1 Å². The zero-order valence-corrected chi connectivity index (χ0v) is 19.8. The predicted octanol–water partition coefficient (Wildman–Crippen LogP) is 2.35. The van der Waals surface area contributed by atoms with E-state index in [1.165, 1.54) is 29.5 Å². The number of hydrogen-bond acceptors (Lipinski definition) is 8. The summed E-state index contributed by atoms with van der Waals surface area (Å²) in [4.78, 5) is 6.11. The molecule has 0 amide bonds. The maximum atomic E-state index is 13.9. The minimum Gasteiger partial charge on any atom is -0.389 e. The van der Waals surface area contributed by atoms with Crippen molar-refractivity contribution in [1.82, 2.24) is 9.88 Å². The second-order valence-electron chi connectivity index (χ2n) is 8.08. The van der Waals surface area contributed by atoms with Crippen molar-refractivity contribution in [3.63, 3.8) is 0 Å². The van der Waals surface area contributed by atoms with Crippen LogP contribution in [0.3, 0.4) is 0 Å². The van der Waals surface area contributed by atoms with Gasteiger partial charge in [-0.05, 0) is 31.5 Å². The van der Waals surface area contributed by atoms with E-state index in [0.29, 0.717) is 23.9 Å². The van der Waals surface area contributed by atoms with Crippen LogP contribution in [0.1, 0.15) is 31.4 Å². The summed E-state index contributed by atoms with van der Waals surface area (Å²) >= 11 is 1.18. The van der Waals surface area contributed by atoms with Crippen molar-refractivity contribution >= 4 is 23.7 Å². The molecular weight excluding hydrogens is 478 g/mol. The molecule has 0 bridgehead atoms. The van der Waals surface area contributed by atoms with Gasteiger partial charge in [-0.25, -0.2) is 13.8 Å². The van der Waals surface area contributed by atoms with Gasteiger partial charge in [-0.1, -0.05) is 18.9 Å². The van der Waals surface area contributed by atoms with Crippen molar-refractivity contribution in [2.24, 2.45) is 0 Å². The quantitative estimate of drug-likeness (QED) is 0.365. The third-order valence-corrected chi connectivity index (χ3v) is 6.43. The van der Waals surface area contributed by atoms with Crippen molar-refractivity contribution in [3.8, 4) is 10.6 Å². The largest absolute Gasteiger partial charge is 0.389 e. The van der Waals surface area contributed by atoms with Gasteiger partial charge in [0.2, 0.25) is 0 Å². The highest BCUT2D eigenvalue weighted by Crippen LogP contribution is 2.29. The molecule has 0 unspecified atom stereocenters. The van der Waals surface area contributed by atoms with Gasteiger partial charge in [-0.3, -0.25) is 4.90 Å². The number of ether oxygens (including phenoxy) is 1. The van der Waals surface area contributed by atoms with Crippen LogP contribution in [-0.4, -0.2) is 81.0 Å². The van der Waals surface area contributed by atoms with Crippen LogP contribution in [0.4, 0.5) is 8.78 Å². The Bertz CT molecular complexity index is 826. The van der Waals surface area contributed by atoms with E-state index < -0.39 is 36.1 Å². The lowest BCUT2D eigenvalue weighted by Crippen LogP contribution is -2.43. The first kappa shape index (κ1) is 28.0. The van der Waals surface area contributed by atoms with Crippen molar-refractivity contribution < 1.29 is 33.9 Å². The summed E-state index contributed by atoms with van der Waals surface area (Å²) in [5, 5.41) is 41.3. The number of likely N-dealkylation sites (tertiary alicyclic amines) is 1. The molecule has 11 heteroatoms. The normalized spacial score (nSPS) is 23.8. The SMILES string of the molecule is Cl.O[C@H]1[C@H](O)[C@@H](O)CN(CCCCCCOCc2csc(-c3c(F)cccc3F)n2)C[C@@H]1O. The Hall–Kier alpha value is -1.24. The lowest BCUT2D eigenvalue weighted by atomic mass is 10.1. The molecule has 0 aliphatic carbocycles. The van der Waals surface area contributed by atoms with Crippen molar-refractivity contribution in [2.75, 3.05) is 26.2 Å². The molecule has 3 rings (SSSR count). The van der Waals surface area contributed by atoms with E-state index in [0.717, 1.165) is 25.7 Å². The molecule has 1 aliphatic heterocycles. The summed E-state index contributed by atoms with van der Waals surface area (Å²) in [7, 11) is 0. The number of nitrogens with zero attached hydrogens (tertiary/aromatic N) is 2. The van der Waals surface area contributed by atoms with E-state index in [4.69, 9.17) is 4.74 Å². The molecule has 1 aliphatic rings. The molecule has 33 heavy (non-hydrogen) atoms. The molecule has 0 saturated carbocycles. The van der Waals surface area contributed by atoms with Crippen LogP contribution < -0.4 is 0 Å². The van der Waals surface area contributed by atoms with E-state index in [-0.39, 0.29) is 37.7 Å². The van der Waals surface area contributed by atoms with E-state index in [9.17, 15) is 29.2 Å². The Morgan fingerprint density at radius 1 is 0.970 bits per heavy atom. The van der Waals surface area contributed by atoms with Crippen molar-refractivity contribution in [3.05, 3.63) is 40.9 Å². The standard InChI is InChI=1S/C22H30F2N2O5S.ClH/c23-15-6-5-7-16(24)19(15)22-25-14(13-32-22)12-31-9-4-2-1-3-8-26-10-17(27)20(29)21(30)18(28)11-26;/h5-7,13,17-18,20-21,27-30H,1-4,8-12H2;1H/t17-,18-,20+,21+;/m0./s1. The summed E-state index contributed by atoms with van der Waals surface area (Å²) in [6.45, 7) is 1.90. The average molecular weight is 509 g/mol. The van der Waals surface area contributed by atoms with Gasteiger partial charge in [0.1, 0.15) is 28.8 Å². The number of benzene rings is 1. The molecule has 4 N–H and O–H groups in total. The van der Waals surface area contributed by atoms with Gasteiger partial charge >= 0.3 is 0 Å². The maximum absolute atomic E-state index is 13.9. The third kappa shape index (κ3) is 7.90. The van der Waals surface area contributed by atoms with Crippen LogP contribution in [-0.2, 0) is 11.3 Å². The molecule has 2 aromatic rings. The predicted molar refractivity (Wildman–Crippen MR) is 123 cm³/mol. The van der Waals surface area contributed by atoms with Crippen LogP contribution in [0.5, 0.6) is 0 Å². The third-order valence-electron chi connectivity index (χ3n) is 5.52. The van der Waals surface area contributed by atoms with Crippen LogP contribution in [0.2, 0.25) is 0 Å². The number of aromatic nitrogens is 1. The lowest BCUT2D eigenvalue weighted by molar-refractivity contribution is -0.0894. The average Bonchev–Trinajstić information content (AvgIpc) is 3.19. The molecule has 1 aromatic heterocycles. The molecule has 0 radical (unpaired) electrons. The highest BCUT2D eigenvalue weighted by atomic mass is 35.5. The van der Waals surface area contributed by atoms with Gasteiger partial charge in [-0.2, -0.15) is 0 Å². The van der Waals surface area contributed by atoms with Gasteiger partial charge in [0.15, 0.2) is 0 Å². The summed E-state index contributed by atoms with van der Waals surface area (Å²) in [6, 6.07) is 3.74. The fraction of sp³-hybridized carbons (Fsp3) is 0.591. The molecule has 1 fully saturated rings. The molecular formula is C22H31ClF2N2O5S. The van der Waals surface area contributed by atoms with E-state index in [1.54, 1.807) is 5.38 Å². The summed E-state index contributed by atoms with van der Waals surface area (Å²) < 4.78 is 33.3. The zero-order chi connectivity index (χ0) is 23.1. The van der Waals surface area contributed by atoms with E-state index in [1.807, 2.05) is 4.90 Å². The second-order valence-corrected chi connectivity index (χ2v) is 8.94. The van der Waals surface area contributed by atoms with Crippen molar-refractivity contribution in [2.45, 2.75) is 56.7 Å². The minimum atomic E-state index is -1.34. The van der Waals surface area contributed by atoms with Gasteiger partial charge < -0.3 is 25.2 Å². The van der Waals surface area contributed by atoms with Gasteiger partial charge in [0.25, 0.3) is 0 Å². The smallest absolute Gasteiger partial charge is 0.136 e. The number of hydrogen-bond donors (Lipinski definition) is 4. The first-order valence-corrected chi connectivity index (χ1v) is 11.7. The van der Waals surface area contributed by atoms with Crippen LogP contribution in [0.25, 0.3) is 10.6 Å². The second kappa shape index (κ2) is 13.6. The first-order valence-electron chi connectivity index (χ1n) is 10.8. The lowest BCUT2D eigenvalue weighted by Gasteiger charge is -2.23. The monoisotopic (exact) mass is 508 g/mol. The Morgan fingerprint density at radius 2 is 1.58 bits per heavy atom. The van der Waals surface area contributed by atoms with Crippen LogP contribution in [0, 0.1) is 11.6 Å². The Morgan fingerprint density at radius 3 is 2.21 bits per heavy atom. The molecule has 1 aromatic carbocycles.